The molecular formula is C11H14N4O. The predicted molar refractivity (Wildman–Crippen MR) is 62.8 cm³/mol. The van der Waals surface area contributed by atoms with Gasteiger partial charge in [0.15, 0.2) is 0 Å². The van der Waals surface area contributed by atoms with Crippen LogP contribution >= 0.6 is 0 Å². The molecule has 1 aromatic carbocycles. The first kappa shape index (κ1) is 11.9. The lowest BCUT2D eigenvalue weighted by Gasteiger charge is -2.12. The fourth-order valence-electron chi connectivity index (χ4n) is 1.11. The number of carbonyl (C=O) groups excluding carboxylic acids is 1. The molecular weight excluding hydrogens is 204 g/mol. The molecule has 0 aliphatic rings. The van der Waals surface area contributed by atoms with Crippen LogP contribution in [0.1, 0.15) is 5.56 Å². The molecule has 5 nitrogen and oxygen atoms in total. The Hall–Kier alpha value is -2.22. The average Bonchev–Trinajstić information content (AvgIpc) is 2.25. The van der Waals surface area contributed by atoms with Gasteiger partial charge in [-0.1, -0.05) is 0 Å². The van der Waals surface area contributed by atoms with Crippen molar-refractivity contribution in [1.82, 2.24) is 4.90 Å². The van der Waals surface area contributed by atoms with Gasteiger partial charge in [-0.05, 0) is 18.2 Å². The Morgan fingerprint density at radius 3 is 2.75 bits per heavy atom. The van der Waals surface area contributed by atoms with Crippen LogP contribution in [0.4, 0.5) is 11.4 Å². The maximum absolute atomic E-state index is 11.3. The second-order valence-corrected chi connectivity index (χ2v) is 3.56. The maximum Gasteiger partial charge on any atom is 0.241 e. The summed E-state index contributed by atoms with van der Waals surface area (Å²) < 4.78 is 0. The van der Waals surface area contributed by atoms with Crippen molar-refractivity contribution in [3.8, 4) is 6.07 Å². The molecule has 0 unspecified atom stereocenters. The first-order valence-electron chi connectivity index (χ1n) is 4.78. The van der Waals surface area contributed by atoms with E-state index in [-0.39, 0.29) is 12.5 Å². The Labute approximate surface area is 94.5 Å². The fraction of sp³-hybridized carbons (Fsp3) is 0.273. The highest BCUT2D eigenvalue weighted by Crippen LogP contribution is 2.16. The Bertz CT molecular complexity index is 434. The van der Waals surface area contributed by atoms with E-state index in [1.807, 2.05) is 6.07 Å². The smallest absolute Gasteiger partial charge is 0.241 e. The molecule has 0 aliphatic carbocycles. The zero-order chi connectivity index (χ0) is 12.1. The number of nitrogens with one attached hydrogen (secondary N) is 1. The number of benzene rings is 1. The van der Waals surface area contributed by atoms with Gasteiger partial charge in [-0.2, -0.15) is 5.26 Å². The molecule has 3 N–H and O–H groups in total. The van der Waals surface area contributed by atoms with Gasteiger partial charge in [0, 0.05) is 19.8 Å². The number of hydrogen-bond acceptors (Lipinski definition) is 4. The number of likely N-dealkylation sites (N-methyl/N-ethyl adjacent to an activating group) is 1. The number of hydrogen-bond donors (Lipinski definition) is 2. The van der Waals surface area contributed by atoms with Crippen molar-refractivity contribution >= 4 is 17.3 Å². The number of anilines is 2. The molecule has 1 rings (SSSR count). The van der Waals surface area contributed by atoms with E-state index in [0.29, 0.717) is 11.3 Å². The van der Waals surface area contributed by atoms with Crippen LogP contribution in [0.25, 0.3) is 0 Å². The maximum atomic E-state index is 11.3. The molecule has 0 aliphatic heterocycles. The highest BCUT2D eigenvalue weighted by Gasteiger charge is 2.04. The number of nitriles is 1. The normalized spacial score (nSPS) is 9.31. The molecule has 0 aromatic heterocycles. The van der Waals surface area contributed by atoms with Crippen LogP contribution in [0, 0.1) is 11.3 Å². The van der Waals surface area contributed by atoms with Crippen molar-refractivity contribution < 1.29 is 4.79 Å². The van der Waals surface area contributed by atoms with E-state index in [0.717, 1.165) is 5.69 Å². The highest BCUT2D eigenvalue weighted by atomic mass is 16.2. The Morgan fingerprint density at radius 1 is 1.56 bits per heavy atom. The summed E-state index contributed by atoms with van der Waals surface area (Å²) in [7, 11) is 3.38. The van der Waals surface area contributed by atoms with Gasteiger partial charge in [0.2, 0.25) is 5.91 Å². The fourth-order valence-corrected chi connectivity index (χ4v) is 1.11. The van der Waals surface area contributed by atoms with Crippen molar-refractivity contribution in [2.45, 2.75) is 0 Å². The summed E-state index contributed by atoms with van der Waals surface area (Å²) in [5.41, 5.74) is 7.21. The minimum Gasteiger partial charge on any atom is -0.398 e. The van der Waals surface area contributed by atoms with Crippen LogP contribution in [0.15, 0.2) is 18.2 Å². The zero-order valence-electron chi connectivity index (χ0n) is 9.32. The largest absolute Gasteiger partial charge is 0.398 e. The third-order valence-electron chi connectivity index (χ3n) is 2.11. The first-order chi connectivity index (χ1) is 7.54. The molecule has 1 amide bonds. The van der Waals surface area contributed by atoms with E-state index in [1.165, 1.54) is 4.90 Å². The SMILES string of the molecule is CN(C)C(=O)CNc1ccc(C#N)c(N)c1. The second kappa shape index (κ2) is 5.03. The van der Waals surface area contributed by atoms with E-state index in [9.17, 15) is 4.79 Å². The molecule has 0 bridgehead atoms. The van der Waals surface area contributed by atoms with Gasteiger partial charge in [-0.25, -0.2) is 0 Å². The summed E-state index contributed by atoms with van der Waals surface area (Å²) in [6.07, 6.45) is 0. The third kappa shape index (κ3) is 2.89. The van der Waals surface area contributed by atoms with Gasteiger partial charge in [0.25, 0.3) is 0 Å². The van der Waals surface area contributed by atoms with Crippen LogP contribution in [-0.2, 0) is 4.79 Å². The van der Waals surface area contributed by atoms with Crippen molar-refractivity contribution in [1.29, 1.82) is 5.26 Å². The van der Waals surface area contributed by atoms with Gasteiger partial charge < -0.3 is 16.0 Å². The summed E-state index contributed by atoms with van der Waals surface area (Å²) >= 11 is 0. The highest BCUT2D eigenvalue weighted by molar-refractivity contribution is 5.80. The Morgan fingerprint density at radius 2 is 2.25 bits per heavy atom. The number of carbonyl (C=O) groups is 1. The van der Waals surface area contributed by atoms with Gasteiger partial charge in [-0.15, -0.1) is 0 Å². The summed E-state index contributed by atoms with van der Waals surface area (Å²) in [6.45, 7) is 0.207. The van der Waals surface area contributed by atoms with Crippen LogP contribution in [0.3, 0.4) is 0 Å². The molecule has 0 fully saturated rings. The molecule has 0 atom stereocenters. The number of amides is 1. The monoisotopic (exact) mass is 218 g/mol. The standard InChI is InChI=1S/C11H14N4O/c1-15(2)11(16)7-14-9-4-3-8(6-12)10(13)5-9/h3-5,14H,7,13H2,1-2H3. The topological polar surface area (TPSA) is 82.2 Å². The lowest BCUT2D eigenvalue weighted by atomic mass is 10.2. The minimum atomic E-state index is -0.0251. The number of nitrogens with two attached hydrogens (primary N) is 1. The van der Waals surface area contributed by atoms with Crippen LogP contribution in [-0.4, -0.2) is 31.4 Å². The summed E-state index contributed by atoms with van der Waals surface area (Å²) in [5.74, 6) is -0.0251. The van der Waals surface area contributed by atoms with Crippen LogP contribution in [0.5, 0.6) is 0 Å². The predicted octanol–water partition coefficient (Wildman–Crippen LogP) is 0.641. The van der Waals surface area contributed by atoms with E-state index >= 15 is 0 Å². The first-order valence-corrected chi connectivity index (χ1v) is 4.78. The van der Waals surface area contributed by atoms with Crippen molar-refractivity contribution in [3.05, 3.63) is 23.8 Å². The lowest BCUT2D eigenvalue weighted by molar-refractivity contribution is -0.126. The number of nitrogens with zero attached hydrogens (tertiary/aromatic N) is 2. The summed E-state index contributed by atoms with van der Waals surface area (Å²) in [6, 6.07) is 6.96. The quantitative estimate of drug-likeness (QED) is 0.729. The van der Waals surface area contributed by atoms with E-state index < -0.39 is 0 Å². The minimum absolute atomic E-state index is 0.0251. The van der Waals surface area contributed by atoms with E-state index in [4.69, 9.17) is 11.0 Å². The molecule has 5 heteroatoms. The van der Waals surface area contributed by atoms with Crippen LogP contribution in [0.2, 0.25) is 0 Å². The van der Waals surface area contributed by atoms with Gasteiger partial charge in [0.1, 0.15) is 6.07 Å². The summed E-state index contributed by atoms with van der Waals surface area (Å²) in [5, 5.41) is 11.6. The van der Waals surface area contributed by atoms with Crippen LogP contribution < -0.4 is 11.1 Å². The zero-order valence-corrected chi connectivity index (χ0v) is 9.32. The average molecular weight is 218 g/mol. The summed E-state index contributed by atoms with van der Waals surface area (Å²) in [4.78, 5) is 12.8. The number of rotatable bonds is 3. The van der Waals surface area contributed by atoms with Crippen molar-refractivity contribution in [2.24, 2.45) is 0 Å². The third-order valence-corrected chi connectivity index (χ3v) is 2.11. The molecule has 0 saturated heterocycles. The van der Waals surface area contributed by atoms with E-state index in [2.05, 4.69) is 5.32 Å². The Kier molecular flexibility index (Phi) is 3.72. The number of nitrogen functional groups attached to an aromatic ring is 1. The van der Waals surface area contributed by atoms with Crippen molar-refractivity contribution in [2.75, 3.05) is 31.7 Å². The molecule has 1 aromatic rings. The second-order valence-electron chi connectivity index (χ2n) is 3.56. The molecule has 16 heavy (non-hydrogen) atoms. The molecule has 84 valence electrons. The molecule has 0 heterocycles. The molecule has 0 spiro atoms. The van der Waals surface area contributed by atoms with Crippen molar-refractivity contribution in [3.63, 3.8) is 0 Å². The lowest BCUT2D eigenvalue weighted by Crippen LogP contribution is -2.28. The molecule has 0 saturated carbocycles. The van der Waals surface area contributed by atoms with Gasteiger partial charge >= 0.3 is 0 Å². The Balaban J connectivity index is 2.66. The molecule has 0 radical (unpaired) electrons. The van der Waals surface area contributed by atoms with Gasteiger partial charge in [0.05, 0.1) is 17.8 Å². The van der Waals surface area contributed by atoms with E-state index in [1.54, 1.807) is 32.3 Å². The van der Waals surface area contributed by atoms with Gasteiger partial charge in [-0.3, -0.25) is 4.79 Å².